The Morgan fingerprint density at radius 2 is 1.65 bits per heavy atom. The molecule has 160 valence electrons. The van der Waals surface area contributed by atoms with Gasteiger partial charge in [-0.05, 0) is 67.1 Å². The third-order valence-electron chi connectivity index (χ3n) is 4.29. The summed E-state index contributed by atoms with van der Waals surface area (Å²) in [7, 11) is 1.54. The first kappa shape index (κ1) is 22.5. The number of hydrogen-bond donors (Lipinski definition) is 2. The third-order valence-corrected chi connectivity index (χ3v) is 4.86. The molecule has 0 fully saturated rings. The first-order valence-corrected chi connectivity index (χ1v) is 10.0. The van der Waals surface area contributed by atoms with Crippen LogP contribution in [-0.4, -0.2) is 25.5 Å². The van der Waals surface area contributed by atoms with E-state index in [0.29, 0.717) is 38.5 Å². The second kappa shape index (κ2) is 10.2. The number of ether oxygens (including phenoxy) is 2. The molecule has 0 bridgehead atoms. The fourth-order valence-electron chi connectivity index (χ4n) is 2.74. The van der Waals surface area contributed by atoms with Gasteiger partial charge in [-0.15, -0.1) is 0 Å². The summed E-state index contributed by atoms with van der Waals surface area (Å²) in [6.45, 7) is 1.70. The molecule has 0 aromatic heterocycles. The van der Waals surface area contributed by atoms with E-state index in [1.54, 1.807) is 55.6 Å². The maximum atomic E-state index is 12.5. The van der Waals surface area contributed by atoms with E-state index in [0.717, 1.165) is 5.56 Å². The second-order valence-electron chi connectivity index (χ2n) is 6.64. The number of amides is 2. The molecule has 31 heavy (non-hydrogen) atoms. The molecule has 3 aromatic rings. The van der Waals surface area contributed by atoms with Crippen molar-refractivity contribution < 1.29 is 19.1 Å². The van der Waals surface area contributed by atoms with Crippen molar-refractivity contribution in [3.8, 4) is 11.5 Å². The van der Waals surface area contributed by atoms with E-state index < -0.39 is 5.91 Å². The van der Waals surface area contributed by atoms with Crippen LogP contribution in [0.25, 0.3) is 0 Å². The zero-order chi connectivity index (χ0) is 22.4. The highest BCUT2D eigenvalue weighted by Crippen LogP contribution is 2.27. The van der Waals surface area contributed by atoms with Crippen LogP contribution in [-0.2, 0) is 4.79 Å². The van der Waals surface area contributed by atoms with Crippen LogP contribution in [0.3, 0.4) is 0 Å². The molecule has 0 heterocycles. The number of nitrogens with one attached hydrogen (secondary N) is 2. The lowest BCUT2D eigenvalue weighted by atomic mass is 10.1. The van der Waals surface area contributed by atoms with Crippen LogP contribution in [0, 0.1) is 6.92 Å². The van der Waals surface area contributed by atoms with Crippen molar-refractivity contribution in [2.24, 2.45) is 0 Å². The molecule has 0 atom stereocenters. The van der Waals surface area contributed by atoms with Crippen molar-refractivity contribution in [3.05, 3.63) is 81.8 Å². The molecule has 0 unspecified atom stereocenters. The van der Waals surface area contributed by atoms with E-state index in [9.17, 15) is 9.59 Å². The zero-order valence-corrected chi connectivity index (χ0v) is 18.4. The lowest BCUT2D eigenvalue weighted by molar-refractivity contribution is -0.118. The molecule has 6 nitrogen and oxygen atoms in total. The van der Waals surface area contributed by atoms with Gasteiger partial charge in [0.25, 0.3) is 11.8 Å². The minimum Gasteiger partial charge on any atom is -0.495 e. The van der Waals surface area contributed by atoms with E-state index in [1.165, 1.54) is 0 Å². The minimum absolute atomic E-state index is 0.227. The molecule has 0 spiro atoms. The lowest BCUT2D eigenvalue weighted by Gasteiger charge is -2.12. The van der Waals surface area contributed by atoms with Crippen molar-refractivity contribution in [2.45, 2.75) is 6.92 Å². The Kier molecular flexibility index (Phi) is 7.39. The summed E-state index contributed by atoms with van der Waals surface area (Å²) < 4.78 is 10.8. The molecule has 0 saturated carbocycles. The van der Waals surface area contributed by atoms with Gasteiger partial charge in [0.15, 0.2) is 6.61 Å². The van der Waals surface area contributed by atoms with Crippen LogP contribution >= 0.6 is 23.2 Å². The summed E-state index contributed by atoms with van der Waals surface area (Å²) in [5, 5.41) is 6.30. The highest BCUT2D eigenvalue weighted by molar-refractivity contribution is 6.35. The zero-order valence-electron chi connectivity index (χ0n) is 16.9. The molecule has 0 aliphatic carbocycles. The number of hydrogen-bond acceptors (Lipinski definition) is 4. The molecular formula is C23H20Cl2N2O4. The molecule has 8 heteroatoms. The average Bonchev–Trinajstić information content (AvgIpc) is 2.75. The number of anilines is 2. The first-order valence-electron chi connectivity index (χ1n) is 9.29. The molecular weight excluding hydrogens is 439 g/mol. The number of benzene rings is 3. The number of rotatable bonds is 7. The summed E-state index contributed by atoms with van der Waals surface area (Å²) in [5.74, 6) is 0.336. The maximum absolute atomic E-state index is 12.5. The number of carbonyl (C=O) groups is 2. The Hall–Kier alpha value is -3.22. The fraction of sp³-hybridized carbons (Fsp3) is 0.130. The van der Waals surface area contributed by atoms with E-state index >= 15 is 0 Å². The number of methoxy groups -OCH3 is 1. The number of halogens is 2. The fourth-order valence-corrected chi connectivity index (χ4v) is 3.08. The molecule has 3 rings (SSSR count). The highest BCUT2D eigenvalue weighted by Gasteiger charge is 2.11. The Morgan fingerprint density at radius 1 is 0.903 bits per heavy atom. The molecule has 0 aliphatic rings. The Morgan fingerprint density at radius 3 is 2.35 bits per heavy atom. The SMILES string of the molecule is COc1ccc(C)cc1NC(=O)c1ccc(OCC(=O)Nc2cc(Cl)ccc2Cl)cc1. The van der Waals surface area contributed by atoms with Crippen molar-refractivity contribution in [1.29, 1.82) is 0 Å². The highest BCUT2D eigenvalue weighted by atomic mass is 35.5. The molecule has 2 amide bonds. The van der Waals surface area contributed by atoms with Crippen LogP contribution in [0.15, 0.2) is 60.7 Å². The number of aryl methyl sites for hydroxylation is 1. The second-order valence-corrected chi connectivity index (χ2v) is 7.49. The summed E-state index contributed by atoms with van der Waals surface area (Å²) in [4.78, 5) is 24.6. The predicted molar refractivity (Wildman–Crippen MR) is 123 cm³/mol. The lowest BCUT2D eigenvalue weighted by Crippen LogP contribution is -2.20. The van der Waals surface area contributed by atoms with Gasteiger partial charge >= 0.3 is 0 Å². The maximum Gasteiger partial charge on any atom is 0.262 e. The molecule has 0 radical (unpaired) electrons. The van der Waals surface area contributed by atoms with Crippen molar-refractivity contribution in [2.75, 3.05) is 24.4 Å². The summed E-state index contributed by atoms with van der Waals surface area (Å²) in [5.41, 5.74) is 2.42. The van der Waals surface area contributed by atoms with Crippen molar-refractivity contribution in [3.63, 3.8) is 0 Å². The van der Waals surface area contributed by atoms with Gasteiger partial charge in [0.05, 0.1) is 23.5 Å². The van der Waals surface area contributed by atoms with Gasteiger partial charge in [-0.3, -0.25) is 9.59 Å². The molecule has 0 saturated heterocycles. The monoisotopic (exact) mass is 458 g/mol. The van der Waals surface area contributed by atoms with E-state index in [1.807, 2.05) is 19.1 Å². The van der Waals surface area contributed by atoms with Gasteiger partial charge in [-0.2, -0.15) is 0 Å². The normalized spacial score (nSPS) is 10.3. The standard InChI is InChI=1S/C23H20Cl2N2O4/c1-14-3-10-21(30-2)20(11-14)27-23(29)15-4-7-17(8-5-15)31-13-22(28)26-19-12-16(24)6-9-18(19)25/h3-12H,13H2,1-2H3,(H,26,28)(H,27,29). The van der Waals surface area contributed by atoms with Gasteiger partial charge in [-0.1, -0.05) is 29.3 Å². The van der Waals surface area contributed by atoms with Crippen molar-refractivity contribution >= 4 is 46.4 Å². The summed E-state index contributed by atoms with van der Waals surface area (Å²) in [6.07, 6.45) is 0. The molecule has 2 N–H and O–H groups in total. The largest absolute Gasteiger partial charge is 0.495 e. The summed E-state index contributed by atoms with van der Waals surface area (Å²) >= 11 is 11.9. The van der Waals surface area contributed by atoms with Crippen LogP contribution in [0.2, 0.25) is 10.0 Å². The van der Waals surface area contributed by atoms with Gasteiger partial charge in [-0.25, -0.2) is 0 Å². The number of carbonyl (C=O) groups excluding carboxylic acids is 2. The topological polar surface area (TPSA) is 76.7 Å². The van der Waals surface area contributed by atoms with Crippen LogP contribution in [0.4, 0.5) is 11.4 Å². The van der Waals surface area contributed by atoms with Crippen LogP contribution in [0.5, 0.6) is 11.5 Å². The Bertz CT molecular complexity index is 1100. The molecule has 0 aliphatic heterocycles. The third kappa shape index (κ3) is 6.13. The predicted octanol–water partition coefficient (Wildman–Crippen LogP) is 5.58. The van der Waals surface area contributed by atoms with Crippen LogP contribution < -0.4 is 20.1 Å². The van der Waals surface area contributed by atoms with E-state index in [-0.39, 0.29) is 12.5 Å². The average molecular weight is 459 g/mol. The molecule has 3 aromatic carbocycles. The Labute approximate surface area is 190 Å². The van der Waals surface area contributed by atoms with Gasteiger partial charge in [0.2, 0.25) is 0 Å². The Balaban J connectivity index is 1.57. The summed E-state index contributed by atoms with van der Waals surface area (Å²) in [6, 6.07) is 16.7. The minimum atomic E-state index is -0.391. The van der Waals surface area contributed by atoms with Gasteiger partial charge in [0, 0.05) is 10.6 Å². The van der Waals surface area contributed by atoms with Crippen LogP contribution in [0.1, 0.15) is 15.9 Å². The van der Waals surface area contributed by atoms with E-state index in [4.69, 9.17) is 32.7 Å². The quantitative estimate of drug-likeness (QED) is 0.484. The van der Waals surface area contributed by atoms with Gasteiger partial charge in [0.1, 0.15) is 11.5 Å². The smallest absolute Gasteiger partial charge is 0.262 e. The van der Waals surface area contributed by atoms with E-state index in [2.05, 4.69) is 10.6 Å². The first-order chi connectivity index (χ1) is 14.9. The van der Waals surface area contributed by atoms with Gasteiger partial charge < -0.3 is 20.1 Å². The van der Waals surface area contributed by atoms with Crippen molar-refractivity contribution in [1.82, 2.24) is 0 Å².